The number of nitrogens with zero attached hydrogens (tertiary/aromatic N) is 1. The average molecular weight is 339 g/mol. The Morgan fingerprint density at radius 3 is 2.67 bits per heavy atom. The van der Waals surface area contributed by atoms with Crippen molar-refractivity contribution in [3.63, 3.8) is 0 Å². The fourth-order valence-electron chi connectivity index (χ4n) is 3.72. The Balaban J connectivity index is 0.00000139. The number of hydrogen-bond acceptors (Lipinski definition) is 5. The number of fused-ring (bicyclic) bond motifs is 1. The van der Waals surface area contributed by atoms with Crippen LogP contribution < -0.4 is 0 Å². The van der Waals surface area contributed by atoms with Crippen LogP contribution in [0.2, 0.25) is 0 Å². The molecular formula is C19H33NO4. The standard InChI is InChI=1S/C17H27NO4.C2H6/c1-4-17-10-14(6-8-16(19)20-3)21-15(17)7-5-13(22-17)9-12(2)11-18;1-2/h12-15H,4-10H2,1-3H3;1-2H3/t12-,13-,14+,15+,17+;/m1./s1. The molecule has 2 heterocycles. The molecular weight excluding hydrogens is 306 g/mol. The summed E-state index contributed by atoms with van der Waals surface area (Å²) in [5, 5.41) is 8.99. The van der Waals surface area contributed by atoms with Crippen LogP contribution >= 0.6 is 0 Å². The summed E-state index contributed by atoms with van der Waals surface area (Å²) in [5.74, 6) is -0.168. The van der Waals surface area contributed by atoms with E-state index in [9.17, 15) is 4.79 Å². The summed E-state index contributed by atoms with van der Waals surface area (Å²) in [6.45, 7) is 8.08. The van der Waals surface area contributed by atoms with Gasteiger partial charge in [-0.25, -0.2) is 0 Å². The van der Waals surface area contributed by atoms with Gasteiger partial charge in [0.2, 0.25) is 0 Å². The van der Waals surface area contributed by atoms with Gasteiger partial charge in [-0.1, -0.05) is 20.8 Å². The Morgan fingerprint density at radius 1 is 1.38 bits per heavy atom. The second kappa shape index (κ2) is 10.0. The summed E-state index contributed by atoms with van der Waals surface area (Å²) >= 11 is 0. The Hall–Kier alpha value is -1.12. The maximum atomic E-state index is 11.3. The second-order valence-corrected chi connectivity index (χ2v) is 6.57. The number of rotatable bonds is 6. The number of methoxy groups -OCH3 is 1. The van der Waals surface area contributed by atoms with Crippen molar-refractivity contribution in [2.75, 3.05) is 7.11 Å². The summed E-state index contributed by atoms with van der Waals surface area (Å²) in [5.41, 5.74) is -0.237. The van der Waals surface area contributed by atoms with E-state index in [1.165, 1.54) is 7.11 Å². The van der Waals surface area contributed by atoms with Gasteiger partial charge in [0.25, 0.3) is 0 Å². The molecule has 0 aromatic rings. The van der Waals surface area contributed by atoms with Crippen molar-refractivity contribution in [3.8, 4) is 6.07 Å². The van der Waals surface area contributed by atoms with E-state index in [1.54, 1.807) is 0 Å². The lowest BCUT2D eigenvalue weighted by molar-refractivity contribution is -0.170. The summed E-state index contributed by atoms with van der Waals surface area (Å²) < 4.78 is 17.2. The number of esters is 1. The van der Waals surface area contributed by atoms with Crippen LogP contribution in [0.1, 0.15) is 72.6 Å². The molecule has 0 unspecified atom stereocenters. The molecule has 2 saturated heterocycles. The molecule has 0 aromatic heterocycles. The van der Waals surface area contributed by atoms with Crippen LogP contribution in [0, 0.1) is 17.2 Å². The molecule has 5 nitrogen and oxygen atoms in total. The van der Waals surface area contributed by atoms with Crippen molar-refractivity contribution >= 4 is 5.97 Å². The van der Waals surface area contributed by atoms with Gasteiger partial charge >= 0.3 is 5.97 Å². The number of nitriles is 1. The lowest BCUT2D eigenvalue weighted by Crippen LogP contribution is -2.48. The quantitative estimate of drug-likeness (QED) is 0.684. The Kier molecular flexibility index (Phi) is 8.72. The fourth-order valence-corrected chi connectivity index (χ4v) is 3.72. The van der Waals surface area contributed by atoms with Gasteiger partial charge in [-0.2, -0.15) is 5.26 Å². The molecule has 5 atom stereocenters. The van der Waals surface area contributed by atoms with Gasteiger partial charge in [-0.3, -0.25) is 4.79 Å². The van der Waals surface area contributed by atoms with Crippen molar-refractivity contribution in [2.45, 2.75) is 96.6 Å². The van der Waals surface area contributed by atoms with Crippen LogP contribution in [0.5, 0.6) is 0 Å². The van der Waals surface area contributed by atoms with Crippen molar-refractivity contribution < 1.29 is 19.0 Å². The molecule has 2 fully saturated rings. The number of carbonyl (C=O) groups excluding carboxylic acids is 1. The molecule has 0 spiro atoms. The second-order valence-electron chi connectivity index (χ2n) is 6.57. The zero-order valence-corrected chi connectivity index (χ0v) is 15.8. The van der Waals surface area contributed by atoms with Gasteiger partial charge < -0.3 is 14.2 Å². The SMILES string of the molecule is CC.CC[C@]12C[C@H](CCC(=O)OC)O[C@H]1CC[C@H](C[C@@H](C)C#N)O2. The minimum absolute atomic E-state index is 0.0212. The van der Waals surface area contributed by atoms with Crippen LogP contribution in [0.4, 0.5) is 0 Å². The first-order chi connectivity index (χ1) is 11.5. The normalized spacial score (nSPS) is 32.8. The Labute approximate surface area is 146 Å². The molecule has 138 valence electrons. The highest BCUT2D eigenvalue weighted by molar-refractivity contribution is 5.69. The van der Waals surface area contributed by atoms with Gasteiger partial charge in [0, 0.05) is 18.8 Å². The molecule has 2 aliphatic rings. The minimum Gasteiger partial charge on any atom is -0.469 e. The van der Waals surface area contributed by atoms with E-state index in [0.29, 0.717) is 12.8 Å². The maximum Gasteiger partial charge on any atom is 0.305 e. The van der Waals surface area contributed by atoms with Crippen LogP contribution in [-0.2, 0) is 19.0 Å². The first kappa shape index (κ1) is 20.9. The minimum atomic E-state index is -0.237. The summed E-state index contributed by atoms with van der Waals surface area (Å²) in [6.07, 6.45) is 5.87. The zero-order valence-electron chi connectivity index (χ0n) is 15.8. The van der Waals surface area contributed by atoms with Crippen LogP contribution in [0.3, 0.4) is 0 Å². The third kappa shape index (κ3) is 5.19. The third-order valence-corrected chi connectivity index (χ3v) is 5.00. The molecule has 5 heteroatoms. The van der Waals surface area contributed by atoms with Crippen LogP contribution in [-0.4, -0.2) is 37.0 Å². The predicted molar refractivity (Wildman–Crippen MR) is 92.4 cm³/mol. The number of carbonyl (C=O) groups is 1. The van der Waals surface area contributed by atoms with Gasteiger partial charge in [0.1, 0.15) is 0 Å². The van der Waals surface area contributed by atoms with E-state index >= 15 is 0 Å². The summed E-state index contributed by atoms with van der Waals surface area (Å²) in [7, 11) is 1.41. The molecule has 2 rings (SSSR count). The summed E-state index contributed by atoms with van der Waals surface area (Å²) in [6, 6.07) is 2.29. The molecule has 0 aliphatic carbocycles. The highest BCUT2D eigenvalue weighted by Gasteiger charge is 2.51. The molecule has 24 heavy (non-hydrogen) atoms. The highest BCUT2D eigenvalue weighted by atomic mass is 16.6. The first-order valence-electron chi connectivity index (χ1n) is 9.32. The van der Waals surface area contributed by atoms with E-state index < -0.39 is 0 Å². The smallest absolute Gasteiger partial charge is 0.305 e. The molecule has 0 radical (unpaired) electrons. The van der Waals surface area contributed by atoms with E-state index in [-0.39, 0.29) is 35.8 Å². The summed E-state index contributed by atoms with van der Waals surface area (Å²) in [4.78, 5) is 11.3. The molecule has 0 saturated carbocycles. The lowest BCUT2D eigenvalue weighted by atomic mass is 9.83. The maximum absolute atomic E-state index is 11.3. The van der Waals surface area contributed by atoms with E-state index in [4.69, 9.17) is 19.5 Å². The van der Waals surface area contributed by atoms with Crippen molar-refractivity contribution in [2.24, 2.45) is 5.92 Å². The van der Waals surface area contributed by atoms with Gasteiger partial charge in [-0.05, 0) is 39.0 Å². The lowest BCUT2D eigenvalue weighted by Gasteiger charge is -2.42. The van der Waals surface area contributed by atoms with E-state index in [2.05, 4.69) is 13.0 Å². The van der Waals surface area contributed by atoms with E-state index in [1.807, 2.05) is 20.8 Å². The Bertz CT molecular complexity index is 434. The Morgan fingerprint density at radius 2 is 2.08 bits per heavy atom. The highest BCUT2D eigenvalue weighted by Crippen LogP contribution is 2.45. The zero-order chi connectivity index (χ0) is 18.2. The van der Waals surface area contributed by atoms with Gasteiger partial charge in [0.05, 0.1) is 37.1 Å². The first-order valence-corrected chi connectivity index (χ1v) is 9.32. The average Bonchev–Trinajstić information content (AvgIpc) is 2.99. The largest absolute Gasteiger partial charge is 0.469 e. The third-order valence-electron chi connectivity index (χ3n) is 5.00. The molecule has 0 N–H and O–H groups in total. The van der Waals surface area contributed by atoms with Crippen LogP contribution in [0.15, 0.2) is 0 Å². The van der Waals surface area contributed by atoms with E-state index in [0.717, 1.165) is 32.1 Å². The van der Waals surface area contributed by atoms with Crippen molar-refractivity contribution in [1.82, 2.24) is 0 Å². The monoisotopic (exact) mass is 339 g/mol. The van der Waals surface area contributed by atoms with Gasteiger partial charge in [0.15, 0.2) is 0 Å². The molecule has 0 bridgehead atoms. The van der Waals surface area contributed by atoms with Crippen molar-refractivity contribution in [3.05, 3.63) is 0 Å². The fraction of sp³-hybridized carbons (Fsp3) is 0.895. The molecule has 0 amide bonds. The van der Waals surface area contributed by atoms with Gasteiger partial charge in [-0.15, -0.1) is 0 Å². The molecule has 0 aromatic carbocycles. The molecule has 2 aliphatic heterocycles. The van der Waals surface area contributed by atoms with Crippen LogP contribution in [0.25, 0.3) is 0 Å². The number of hydrogen-bond donors (Lipinski definition) is 0. The predicted octanol–water partition coefficient (Wildman–Crippen LogP) is 4.00. The number of ether oxygens (including phenoxy) is 3. The van der Waals surface area contributed by atoms with Crippen molar-refractivity contribution in [1.29, 1.82) is 5.26 Å². The topological polar surface area (TPSA) is 68.5 Å².